The molecule has 152 valence electrons. The summed E-state index contributed by atoms with van der Waals surface area (Å²) in [6, 6.07) is 3.54. The zero-order chi connectivity index (χ0) is 20.5. The van der Waals surface area contributed by atoms with Crippen LogP contribution in [0.25, 0.3) is 0 Å². The Balaban J connectivity index is 1.91. The predicted octanol–water partition coefficient (Wildman–Crippen LogP) is 5.38. The summed E-state index contributed by atoms with van der Waals surface area (Å²) in [5.74, 6) is -0.366. The lowest BCUT2D eigenvalue weighted by Gasteiger charge is -2.33. The number of aromatic nitrogens is 2. The van der Waals surface area contributed by atoms with Gasteiger partial charge in [0.1, 0.15) is 5.82 Å². The molecule has 1 aliphatic rings. The summed E-state index contributed by atoms with van der Waals surface area (Å²) in [6.07, 6.45) is -3.13. The van der Waals surface area contributed by atoms with Crippen molar-refractivity contribution >= 4 is 34.9 Å². The molecule has 0 unspecified atom stereocenters. The topological polar surface area (TPSA) is 59.0 Å². The number of carbonyl (C=O) groups excluding carboxylic acids is 1. The van der Waals surface area contributed by atoms with Crippen LogP contribution in [0, 0.1) is 0 Å². The molecule has 0 bridgehead atoms. The Morgan fingerprint density at radius 1 is 1.32 bits per heavy atom. The van der Waals surface area contributed by atoms with Gasteiger partial charge in [-0.05, 0) is 24.1 Å². The first-order chi connectivity index (χ1) is 13.2. The van der Waals surface area contributed by atoms with Gasteiger partial charge >= 0.3 is 6.18 Å². The molecule has 10 heteroatoms. The van der Waals surface area contributed by atoms with Crippen molar-refractivity contribution < 1.29 is 18.0 Å². The number of carbonyl (C=O) groups is 1. The number of nitrogens with zero attached hydrogens (tertiary/aromatic N) is 2. The highest BCUT2D eigenvalue weighted by Crippen LogP contribution is 2.44. The summed E-state index contributed by atoms with van der Waals surface area (Å²) in [4.78, 5) is 12.2. The summed E-state index contributed by atoms with van der Waals surface area (Å²) in [6.45, 7) is 2.42. The molecule has 1 aromatic heterocycles. The zero-order valence-corrected chi connectivity index (χ0v) is 16.5. The lowest BCUT2D eigenvalue weighted by Crippen LogP contribution is -2.35. The van der Waals surface area contributed by atoms with Crippen molar-refractivity contribution in [2.45, 2.75) is 44.4 Å². The van der Waals surface area contributed by atoms with Crippen LogP contribution in [0.5, 0.6) is 0 Å². The molecule has 28 heavy (non-hydrogen) atoms. The number of hydrogen-bond acceptors (Lipinski definition) is 3. The first kappa shape index (κ1) is 20.8. The van der Waals surface area contributed by atoms with Gasteiger partial charge < -0.3 is 10.6 Å². The van der Waals surface area contributed by atoms with Crippen LogP contribution in [0.4, 0.5) is 19.0 Å². The van der Waals surface area contributed by atoms with Crippen LogP contribution in [-0.4, -0.2) is 28.4 Å². The van der Waals surface area contributed by atoms with Gasteiger partial charge in [-0.1, -0.05) is 42.6 Å². The molecule has 1 amide bonds. The molecule has 1 aromatic carbocycles. The second-order valence-electron chi connectivity index (χ2n) is 6.63. The van der Waals surface area contributed by atoms with Crippen molar-refractivity contribution in [3.05, 3.63) is 45.6 Å². The quantitative estimate of drug-likeness (QED) is 0.620. The number of benzene rings is 1. The summed E-state index contributed by atoms with van der Waals surface area (Å²) in [7, 11) is 0. The fourth-order valence-electron chi connectivity index (χ4n) is 3.10. The Morgan fingerprint density at radius 2 is 2.07 bits per heavy atom. The van der Waals surface area contributed by atoms with E-state index in [1.54, 1.807) is 18.2 Å². The van der Waals surface area contributed by atoms with Gasteiger partial charge in [0.15, 0.2) is 11.7 Å². The summed E-state index contributed by atoms with van der Waals surface area (Å²) in [5.41, 5.74) is 0.521. The van der Waals surface area contributed by atoms with E-state index >= 15 is 0 Å². The highest BCUT2D eigenvalue weighted by Gasteiger charge is 2.46. The maximum atomic E-state index is 13.7. The van der Waals surface area contributed by atoms with E-state index in [1.807, 2.05) is 6.92 Å². The van der Waals surface area contributed by atoms with Crippen molar-refractivity contribution in [1.29, 1.82) is 0 Å². The molecule has 1 aliphatic heterocycles. The third-order valence-corrected chi connectivity index (χ3v) is 5.32. The second-order valence-corrected chi connectivity index (χ2v) is 7.45. The first-order valence-corrected chi connectivity index (χ1v) is 9.62. The van der Waals surface area contributed by atoms with Crippen LogP contribution in [0.15, 0.2) is 24.3 Å². The number of amides is 1. The average Bonchev–Trinajstić information content (AvgIpc) is 3.06. The van der Waals surface area contributed by atoms with Gasteiger partial charge in [0, 0.05) is 19.0 Å². The largest absolute Gasteiger partial charge is 0.410 e. The molecule has 0 fully saturated rings. The van der Waals surface area contributed by atoms with E-state index in [0.717, 1.165) is 17.5 Å². The number of halogens is 5. The summed E-state index contributed by atoms with van der Waals surface area (Å²) >= 11 is 11.9. The van der Waals surface area contributed by atoms with Crippen molar-refractivity contribution in [3.8, 4) is 0 Å². The molecule has 0 saturated heterocycles. The number of hydrogen-bond donors (Lipinski definition) is 2. The van der Waals surface area contributed by atoms with Crippen molar-refractivity contribution in [2.75, 3.05) is 11.9 Å². The van der Waals surface area contributed by atoms with Crippen LogP contribution in [0.2, 0.25) is 10.0 Å². The average molecular weight is 435 g/mol. The minimum atomic E-state index is -4.52. The maximum Gasteiger partial charge on any atom is 0.410 e. The van der Waals surface area contributed by atoms with Gasteiger partial charge in [0.25, 0.3) is 5.91 Å². The monoisotopic (exact) mass is 434 g/mol. The van der Waals surface area contributed by atoms with Crippen LogP contribution in [0.1, 0.15) is 54.3 Å². The standard InChI is InChI=1S/C18H19Cl2F3N4O/c1-2-3-6-24-17(28)14-9-16-25-13(10-4-5-11(19)12(20)7-10)8-15(18(21,22)23)27(16)26-14/h4-5,7,9,13,15,25H,2-3,6,8H2,1H3,(H,24,28)/t13-,15-/m0/s1. The highest BCUT2D eigenvalue weighted by molar-refractivity contribution is 6.42. The number of rotatable bonds is 5. The molecule has 0 saturated carbocycles. The third-order valence-electron chi connectivity index (χ3n) is 4.58. The Bertz CT molecular complexity index is 869. The van der Waals surface area contributed by atoms with Gasteiger partial charge in [-0.15, -0.1) is 0 Å². The number of unbranched alkanes of at least 4 members (excludes halogenated alkanes) is 1. The van der Waals surface area contributed by atoms with Crippen LogP contribution < -0.4 is 10.6 Å². The fraction of sp³-hybridized carbons (Fsp3) is 0.444. The normalized spacial score (nSPS) is 19.1. The molecule has 0 radical (unpaired) electrons. The van der Waals surface area contributed by atoms with Crippen molar-refractivity contribution in [1.82, 2.24) is 15.1 Å². The van der Waals surface area contributed by atoms with Gasteiger partial charge in [0.05, 0.1) is 16.1 Å². The number of anilines is 1. The van der Waals surface area contributed by atoms with E-state index < -0.39 is 24.2 Å². The van der Waals surface area contributed by atoms with E-state index in [2.05, 4.69) is 15.7 Å². The number of fused-ring (bicyclic) bond motifs is 1. The summed E-state index contributed by atoms with van der Waals surface area (Å²) in [5, 5.41) is 10.2. The van der Waals surface area contributed by atoms with Gasteiger partial charge in [-0.25, -0.2) is 4.68 Å². The van der Waals surface area contributed by atoms with Crippen LogP contribution in [-0.2, 0) is 0 Å². The molecule has 2 aromatic rings. The zero-order valence-electron chi connectivity index (χ0n) is 15.0. The molecular formula is C18H19Cl2F3N4O. The van der Waals surface area contributed by atoms with E-state index in [9.17, 15) is 18.0 Å². The van der Waals surface area contributed by atoms with Gasteiger partial charge in [-0.2, -0.15) is 18.3 Å². The van der Waals surface area contributed by atoms with Crippen LogP contribution >= 0.6 is 23.2 Å². The Morgan fingerprint density at radius 3 is 2.71 bits per heavy atom. The molecule has 3 rings (SSSR count). The van der Waals surface area contributed by atoms with Crippen LogP contribution in [0.3, 0.4) is 0 Å². The minimum Gasteiger partial charge on any atom is -0.363 e. The molecule has 0 spiro atoms. The Kier molecular flexibility index (Phi) is 6.09. The van der Waals surface area contributed by atoms with E-state index in [-0.39, 0.29) is 23.0 Å². The smallest absolute Gasteiger partial charge is 0.363 e. The Hall–Kier alpha value is -1.93. The SMILES string of the molecule is CCCCNC(=O)c1cc2n(n1)[C@H](C(F)(F)F)C[C@@H](c1ccc(Cl)c(Cl)c1)N2. The molecular weight excluding hydrogens is 416 g/mol. The lowest BCUT2D eigenvalue weighted by molar-refractivity contribution is -0.173. The van der Waals surface area contributed by atoms with Crippen molar-refractivity contribution in [3.63, 3.8) is 0 Å². The lowest BCUT2D eigenvalue weighted by atomic mass is 9.97. The number of nitrogens with one attached hydrogen (secondary N) is 2. The van der Waals surface area contributed by atoms with E-state index in [1.165, 1.54) is 6.07 Å². The second kappa shape index (κ2) is 8.21. The summed E-state index contributed by atoms with van der Waals surface area (Å²) < 4.78 is 41.9. The van der Waals surface area contributed by atoms with Crippen molar-refractivity contribution in [2.24, 2.45) is 0 Å². The highest BCUT2D eigenvalue weighted by atomic mass is 35.5. The predicted molar refractivity (Wildman–Crippen MR) is 102 cm³/mol. The first-order valence-electron chi connectivity index (χ1n) is 8.86. The third kappa shape index (κ3) is 4.38. The minimum absolute atomic E-state index is 0.0531. The number of alkyl halides is 3. The molecule has 5 nitrogen and oxygen atoms in total. The molecule has 0 aliphatic carbocycles. The fourth-order valence-corrected chi connectivity index (χ4v) is 3.41. The maximum absolute atomic E-state index is 13.7. The van der Waals surface area contributed by atoms with E-state index in [4.69, 9.17) is 23.2 Å². The van der Waals surface area contributed by atoms with Gasteiger partial charge in [0.2, 0.25) is 0 Å². The Labute approximate surface area is 170 Å². The molecule has 2 atom stereocenters. The molecule has 2 heterocycles. The molecule has 2 N–H and O–H groups in total. The van der Waals surface area contributed by atoms with Gasteiger partial charge in [-0.3, -0.25) is 4.79 Å². The van der Waals surface area contributed by atoms with E-state index in [0.29, 0.717) is 17.1 Å².